The van der Waals surface area contributed by atoms with Gasteiger partial charge in [0.2, 0.25) is 5.91 Å². The Morgan fingerprint density at radius 3 is 2.44 bits per heavy atom. The fourth-order valence-corrected chi connectivity index (χ4v) is 2.94. The highest BCUT2D eigenvalue weighted by Gasteiger charge is 2.06. The maximum atomic E-state index is 11.9. The number of hydrogen-bond acceptors (Lipinski definition) is 4. The second-order valence-electron chi connectivity index (χ2n) is 5.82. The Bertz CT molecular complexity index is 768. The van der Waals surface area contributed by atoms with E-state index in [1.54, 1.807) is 32.4 Å². The van der Waals surface area contributed by atoms with Crippen molar-refractivity contribution in [3.05, 3.63) is 52.0 Å². The number of ether oxygens (including phenoxy) is 3. The fourth-order valence-electron chi connectivity index (χ4n) is 2.48. The van der Waals surface area contributed by atoms with Crippen molar-refractivity contribution in [2.45, 2.75) is 19.3 Å². The van der Waals surface area contributed by atoms with Crippen molar-refractivity contribution in [1.29, 1.82) is 0 Å². The van der Waals surface area contributed by atoms with Crippen molar-refractivity contribution in [3.63, 3.8) is 0 Å². The Morgan fingerprint density at radius 1 is 1.00 bits per heavy atom. The average molecular weight is 412 g/mol. The van der Waals surface area contributed by atoms with E-state index in [9.17, 15) is 4.79 Å². The zero-order valence-corrected chi connectivity index (χ0v) is 16.9. The summed E-state index contributed by atoms with van der Waals surface area (Å²) in [6.07, 6.45) is 1.70. The highest BCUT2D eigenvalue weighted by Crippen LogP contribution is 2.28. The summed E-state index contributed by atoms with van der Waals surface area (Å²) in [5, 5.41) is 3.92. The van der Waals surface area contributed by atoms with E-state index in [2.05, 4.69) is 5.32 Å². The van der Waals surface area contributed by atoms with Gasteiger partial charge < -0.3 is 19.5 Å². The Hall–Kier alpha value is -2.11. The van der Waals surface area contributed by atoms with Crippen molar-refractivity contribution in [2.75, 3.05) is 27.4 Å². The molecule has 0 spiro atoms. The average Bonchev–Trinajstić information content (AvgIpc) is 2.66. The number of hydrogen-bond donors (Lipinski definition) is 1. The van der Waals surface area contributed by atoms with Gasteiger partial charge in [0.15, 0.2) is 11.5 Å². The summed E-state index contributed by atoms with van der Waals surface area (Å²) in [6, 6.07) is 10.8. The van der Waals surface area contributed by atoms with Crippen LogP contribution in [-0.4, -0.2) is 33.3 Å². The van der Waals surface area contributed by atoms with Gasteiger partial charge in [0.05, 0.1) is 25.8 Å². The van der Waals surface area contributed by atoms with Crippen molar-refractivity contribution >= 4 is 29.1 Å². The summed E-state index contributed by atoms with van der Waals surface area (Å²) in [6.45, 7) is 0.961. The van der Waals surface area contributed by atoms with Crippen LogP contribution < -0.4 is 19.5 Å². The van der Waals surface area contributed by atoms with Gasteiger partial charge in [-0.25, -0.2) is 0 Å². The van der Waals surface area contributed by atoms with Gasteiger partial charge in [-0.2, -0.15) is 0 Å². The number of amides is 1. The number of benzene rings is 2. The van der Waals surface area contributed by atoms with Gasteiger partial charge in [0.25, 0.3) is 0 Å². The molecular weight excluding hydrogens is 389 g/mol. The van der Waals surface area contributed by atoms with Gasteiger partial charge in [0.1, 0.15) is 5.75 Å². The molecule has 0 atom stereocenters. The summed E-state index contributed by atoms with van der Waals surface area (Å²) in [5.74, 6) is 1.92. The molecule has 0 saturated carbocycles. The van der Waals surface area contributed by atoms with Crippen LogP contribution in [0.15, 0.2) is 36.4 Å². The van der Waals surface area contributed by atoms with E-state index < -0.39 is 0 Å². The molecule has 7 heteroatoms. The zero-order valence-electron chi connectivity index (χ0n) is 15.4. The van der Waals surface area contributed by atoms with E-state index in [4.69, 9.17) is 37.4 Å². The third-order valence-electron chi connectivity index (χ3n) is 3.88. The van der Waals surface area contributed by atoms with Crippen molar-refractivity contribution in [3.8, 4) is 17.2 Å². The second kappa shape index (κ2) is 10.9. The molecule has 0 heterocycles. The minimum absolute atomic E-state index is 0.0127. The normalized spacial score (nSPS) is 10.4. The van der Waals surface area contributed by atoms with Crippen LogP contribution in [0, 0.1) is 0 Å². The predicted octanol–water partition coefficient (Wildman–Crippen LogP) is 4.53. The molecule has 27 heavy (non-hydrogen) atoms. The van der Waals surface area contributed by atoms with Gasteiger partial charge in [-0.15, -0.1) is 0 Å². The fraction of sp³-hybridized carbons (Fsp3) is 0.350. The SMILES string of the molecule is COc1ccc(CCNC(=O)CCCOc2ccc(Cl)cc2Cl)cc1OC. The molecule has 0 unspecified atom stereocenters. The molecule has 0 radical (unpaired) electrons. The number of methoxy groups -OCH3 is 2. The second-order valence-corrected chi connectivity index (χ2v) is 6.66. The van der Waals surface area contributed by atoms with Gasteiger partial charge in [0, 0.05) is 18.0 Å². The number of carbonyl (C=O) groups excluding carboxylic acids is 1. The lowest BCUT2D eigenvalue weighted by atomic mass is 10.1. The van der Waals surface area contributed by atoms with Crippen molar-refractivity contribution < 1.29 is 19.0 Å². The van der Waals surface area contributed by atoms with Crippen LogP contribution in [0.5, 0.6) is 17.2 Å². The smallest absolute Gasteiger partial charge is 0.220 e. The lowest BCUT2D eigenvalue weighted by molar-refractivity contribution is -0.121. The first kappa shape index (κ1) is 21.2. The van der Waals surface area contributed by atoms with E-state index in [-0.39, 0.29) is 5.91 Å². The van der Waals surface area contributed by atoms with E-state index in [1.807, 2.05) is 18.2 Å². The Kier molecular flexibility index (Phi) is 8.55. The molecule has 2 rings (SSSR count). The minimum Gasteiger partial charge on any atom is -0.493 e. The molecule has 146 valence electrons. The molecule has 0 bridgehead atoms. The topological polar surface area (TPSA) is 56.8 Å². The summed E-state index contributed by atoms with van der Waals surface area (Å²) in [5.41, 5.74) is 1.06. The summed E-state index contributed by atoms with van der Waals surface area (Å²) >= 11 is 11.9. The predicted molar refractivity (Wildman–Crippen MR) is 107 cm³/mol. The Morgan fingerprint density at radius 2 is 1.74 bits per heavy atom. The lowest BCUT2D eigenvalue weighted by Crippen LogP contribution is -2.25. The van der Waals surface area contributed by atoms with E-state index in [1.165, 1.54) is 0 Å². The van der Waals surface area contributed by atoms with Crippen LogP contribution in [0.25, 0.3) is 0 Å². The molecule has 0 aliphatic carbocycles. The van der Waals surface area contributed by atoms with Crippen LogP contribution in [0.3, 0.4) is 0 Å². The molecule has 0 aliphatic rings. The van der Waals surface area contributed by atoms with Crippen LogP contribution >= 0.6 is 23.2 Å². The first-order chi connectivity index (χ1) is 13.0. The molecule has 1 amide bonds. The van der Waals surface area contributed by atoms with Crippen LogP contribution in [0.1, 0.15) is 18.4 Å². The molecule has 2 aromatic carbocycles. The van der Waals surface area contributed by atoms with Crippen LogP contribution in [0.4, 0.5) is 0 Å². The molecule has 0 saturated heterocycles. The lowest BCUT2D eigenvalue weighted by Gasteiger charge is -2.10. The first-order valence-electron chi connectivity index (χ1n) is 8.59. The van der Waals surface area contributed by atoms with Crippen molar-refractivity contribution in [2.24, 2.45) is 0 Å². The molecule has 0 fully saturated rings. The molecule has 5 nitrogen and oxygen atoms in total. The maximum absolute atomic E-state index is 11.9. The monoisotopic (exact) mass is 411 g/mol. The molecular formula is C20H23Cl2NO4. The number of rotatable bonds is 10. The quantitative estimate of drug-likeness (QED) is 0.583. The standard InChI is InChI=1S/C20H23Cl2NO4/c1-25-18-7-5-14(12-19(18)26-2)9-10-23-20(24)4-3-11-27-17-8-6-15(21)13-16(17)22/h5-8,12-13H,3-4,9-11H2,1-2H3,(H,23,24). The highest BCUT2D eigenvalue weighted by atomic mass is 35.5. The van der Waals surface area contributed by atoms with E-state index in [0.29, 0.717) is 59.7 Å². The summed E-state index contributed by atoms with van der Waals surface area (Å²) in [4.78, 5) is 11.9. The van der Waals surface area contributed by atoms with E-state index in [0.717, 1.165) is 5.56 Å². The Balaban J connectivity index is 1.66. The largest absolute Gasteiger partial charge is 0.493 e. The number of carbonyl (C=O) groups is 1. The van der Waals surface area contributed by atoms with E-state index >= 15 is 0 Å². The molecule has 2 aromatic rings. The van der Waals surface area contributed by atoms with Crippen LogP contribution in [-0.2, 0) is 11.2 Å². The van der Waals surface area contributed by atoms with Crippen LogP contribution in [0.2, 0.25) is 10.0 Å². The minimum atomic E-state index is -0.0127. The highest BCUT2D eigenvalue weighted by molar-refractivity contribution is 6.35. The van der Waals surface area contributed by atoms with Crippen molar-refractivity contribution in [1.82, 2.24) is 5.32 Å². The molecule has 1 N–H and O–H groups in total. The maximum Gasteiger partial charge on any atom is 0.220 e. The van der Waals surface area contributed by atoms with Gasteiger partial charge in [-0.3, -0.25) is 4.79 Å². The molecule has 0 aromatic heterocycles. The summed E-state index contributed by atoms with van der Waals surface area (Å²) < 4.78 is 16.1. The number of halogens is 2. The van der Waals surface area contributed by atoms with Gasteiger partial charge in [-0.05, 0) is 48.7 Å². The molecule has 0 aliphatic heterocycles. The third-order valence-corrected chi connectivity index (χ3v) is 4.41. The zero-order chi connectivity index (χ0) is 19.6. The number of nitrogens with one attached hydrogen (secondary N) is 1. The Labute approximate surface area is 169 Å². The first-order valence-corrected chi connectivity index (χ1v) is 9.34. The summed E-state index contributed by atoms with van der Waals surface area (Å²) in [7, 11) is 3.20. The van der Waals surface area contributed by atoms with Gasteiger partial charge >= 0.3 is 0 Å². The third kappa shape index (κ3) is 6.85. The van der Waals surface area contributed by atoms with Gasteiger partial charge in [-0.1, -0.05) is 29.3 Å².